The standard InChI is InChI=1S/C9H7N3O5/c1-17-9(14)6-4(3-10)2-5(12(15)16)7(11)8(6)13/h2,13H,11H2,1H3. The Morgan fingerprint density at radius 1 is 1.71 bits per heavy atom. The summed E-state index contributed by atoms with van der Waals surface area (Å²) in [5.41, 5.74) is 3.19. The first-order valence-corrected chi connectivity index (χ1v) is 4.22. The molecule has 8 nitrogen and oxygen atoms in total. The number of nitriles is 1. The van der Waals surface area contributed by atoms with Crippen LogP contribution in [-0.4, -0.2) is 23.1 Å². The summed E-state index contributed by atoms with van der Waals surface area (Å²) in [5.74, 6) is -1.83. The maximum atomic E-state index is 11.3. The van der Waals surface area contributed by atoms with E-state index >= 15 is 0 Å². The maximum absolute atomic E-state index is 11.3. The molecular weight excluding hydrogens is 230 g/mol. The number of carbonyl (C=O) groups is 1. The molecule has 0 aromatic heterocycles. The minimum absolute atomic E-state index is 0.379. The van der Waals surface area contributed by atoms with E-state index in [0.29, 0.717) is 0 Å². The van der Waals surface area contributed by atoms with Crippen molar-refractivity contribution in [2.45, 2.75) is 0 Å². The number of nitrogen functional groups attached to an aromatic ring is 1. The molecule has 0 aliphatic heterocycles. The third-order valence-corrected chi connectivity index (χ3v) is 2.02. The molecule has 8 heteroatoms. The van der Waals surface area contributed by atoms with Crippen molar-refractivity contribution < 1.29 is 19.6 Å². The Hall–Kier alpha value is -2.82. The van der Waals surface area contributed by atoms with Crippen molar-refractivity contribution in [2.24, 2.45) is 0 Å². The summed E-state index contributed by atoms with van der Waals surface area (Å²) >= 11 is 0. The van der Waals surface area contributed by atoms with Gasteiger partial charge in [0.1, 0.15) is 11.6 Å². The molecule has 0 fully saturated rings. The van der Waals surface area contributed by atoms with Crippen LogP contribution in [-0.2, 0) is 4.74 Å². The van der Waals surface area contributed by atoms with Crippen LogP contribution in [0.1, 0.15) is 15.9 Å². The van der Waals surface area contributed by atoms with E-state index in [4.69, 9.17) is 11.0 Å². The van der Waals surface area contributed by atoms with Gasteiger partial charge in [0.2, 0.25) is 0 Å². The number of nitrogens with two attached hydrogens (primary N) is 1. The Balaban J connectivity index is 3.65. The van der Waals surface area contributed by atoms with Gasteiger partial charge in [0, 0.05) is 6.07 Å². The molecule has 0 saturated carbocycles. The molecule has 1 aromatic rings. The number of phenolic OH excluding ortho intramolecular Hbond substituents is 1. The Morgan fingerprint density at radius 3 is 2.71 bits per heavy atom. The Morgan fingerprint density at radius 2 is 2.29 bits per heavy atom. The number of phenols is 1. The number of rotatable bonds is 2. The first-order valence-electron chi connectivity index (χ1n) is 4.22. The molecule has 1 rings (SSSR count). The lowest BCUT2D eigenvalue weighted by Crippen LogP contribution is -2.08. The monoisotopic (exact) mass is 237 g/mol. The van der Waals surface area contributed by atoms with Crippen molar-refractivity contribution in [3.05, 3.63) is 27.3 Å². The van der Waals surface area contributed by atoms with Crippen LogP contribution in [0.25, 0.3) is 0 Å². The highest BCUT2D eigenvalue weighted by molar-refractivity contribution is 5.98. The first kappa shape index (κ1) is 12.3. The number of nitrogens with zero attached hydrogens (tertiary/aromatic N) is 2. The number of benzene rings is 1. The highest BCUT2D eigenvalue weighted by Crippen LogP contribution is 2.36. The number of ether oxygens (including phenoxy) is 1. The molecule has 0 amide bonds. The third kappa shape index (κ3) is 1.93. The molecule has 0 aliphatic rings. The minimum atomic E-state index is -0.999. The quantitative estimate of drug-likeness (QED) is 0.251. The van der Waals surface area contributed by atoms with Gasteiger partial charge in [0.05, 0.1) is 17.6 Å². The van der Waals surface area contributed by atoms with Crippen LogP contribution < -0.4 is 5.73 Å². The molecular formula is C9H7N3O5. The van der Waals surface area contributed by atoms with E-state index in [2.05, 4.69) is 4.74 Å². The molecule has 17 heavy (non-hydrogen) atoms. The molecule has 0 aliphatic carbocycles. The lowest BCUT2D eigenvalue weighted by molar-refractivity contribution is -0.384. The molecule has 88 valence electrons. The van der Waals surface area contributed by atoms with Crippen LogP contribution in [0.5, 0.6) is 5.75 Å². The molecule has 0 unspecified atom stereocenters. The van der Waals surface area contributed by atoms with E-state index in [1.165, 1.54) is 0 Å². The van der Waals surface area contributed by atoms with Crippen molar-refractivity contribution >= 4 is 17.3 Å². The van der Waals surface area contributed by atoms with Gasteiger partial charge in [-0.05, 0) is 0 Å². The number of nitro groups is 1. The van der Waals surface area contributed by atoms with Gasteiger partial charge in [-0.2, -0.15) is 5.26 Å². The van der Waals surface area contributed by atoms with Crippen molar-refractivity contribution in [2.75, 3.05) is 12.8 Å². The second kappa shape index (κ2) is 4.36. The van der Waals surface area contributed by atoms with Crippen LogP contribution in [0.4, 0.5) is 11.4 Å². The summed E-state index contributed by atoms with van der Waals surface area (Å²) < 4.78 is 4.34. The predicted octanol–water partition coefficient (Wildman–Crippen LogP) is 0.541. The summed E-state index contributed by atoms with van der Waals surface area (Å²) in [6.07, 6.45) is 0. The van der Waals surface area contributed by atoms with Crippen LogP contribution in [0.3, 0.4) is 0 Å². The van der Waals surface area contributed by atoms with E-state index in [1.807, 2.05) is 0 Å². The summed E-state index contributed by atoms with van der Waals surface area (Å²) in [5, 5.41) is 28.9. The van der Waals surface area contributed by atoms with E-state index in [9.17, 15) is 20.0 Å². The zero-order chi connectivity index (χ0) is 13.2. The fourth-order valence-electron chi connectivity index (χ4n) is 1.22. The number of hydrogen-bond acceptors (Lipinski definition) is 7. The molecule has 3 N–H and O–H groups in total. The Kier molecular flexibility index (Phi) is 3.14. The van der Waals surface area contributed by atoms with Crippen LogP contribution in [0.2, 0.25) is 0 Å². The largest absolute Gasteiger partial charge is 0.505 e. The van der Waals surface area contributed by atoms with Gasteiger partial charge in [-0.1, -0.05) is 0 Å². The molecule has 0 spiro atoms. The van der Waals surface area contributed by atoms with E-state index in [1.54, 1.807) is 6.07 Å². The van der Waals surface area contributed by atoms with E-state index in [-0.39, 0.29) is 5.56 Å². The zero-order valence-corrected chi connectivity index (χ0v) is 8.63. The summed E-state index contributed by atoms with van der Waals surface area (Å²) in [7, 11) is 1.04. The lowest BCUT2D eigenvalue weighted by atomic mass is 10.0. The fraction of sp³-hybridized carbons (Fsp3) is 0.111. The highest BCUT2D eigenvalue weighted by Gasteiger charge is 2.26. The topological polar surface area (TPSA) is 139 Å². The number of nitro benzene ring substituents is 1. The lowest BCUT2D eigenvalue weighted by Gasteiger charge is -2.07. The van der Waals surface area contributed by atoms with Gasteiger partial charge >= 0.3 is 5.97 Å². The number of carbonyl (C=O) groups excluding carboxylic acids is 1. The molecule has 0 bridgehead atoms. The van der Waals surface area contributed by atoms with Crippen molar-refractivity contribution in [3.63, 3.8) is 0 Å². The fourth-order valence-corrected chi connectivity index (χ4v) is 1.22. The smallest absolute Gasteiger partial charge is 0.343 e. The number of anilines is 1. The molecule has 1 aromatic carbocycles. The van der Waals surface area contributed by atoms with Gasteiger partial charge in [0.15, 0.2) is 11.4 Å². The van der Waals surface area contributed by atoms with Gasteiger partial charge in [-0.15, -0.1) is 0 Å². The van der Waals surface area contributed by atoms with Crippen molar-refractivity contribution in [1.82, 2.24) is 0 Å². The van der Waals surface area contributed by atoms with Crippen LogP contribution in [0, 0.1) is 21.4 Å². The first-order chi connectivity index (χ1) is 7.93. The zero-order valence-electron chi connectivity index (χ0n) is 8.63. The number of esters is 1. The number of methoxy groups -OCH3 is 1. The van der Waals surface area contributed by atoms with E-state index in [0.717, 1.165) is 13.2 Å². The highest BCUT2D eigenvalue weighted by atomic mass is 16.6. The second-order valence-corrected chi connectivity index (χ2v) is 2.94. The van der Waals surface area contributed by atoms with Gasteiger partial charge < -0.3 is 15.6 Å². The Bertz CT molecular complexity index is 547. The molecule has 0 radical (unpaired) electrons. The van der Waals surface area contributed by atoms with Crippen LogP contribution in [0.15, 0.2) is 6.07 Å². The Labute approximate surface area is 95.0 Å². The third-order valence-electron chi connectivity index (χ3n) is 2.02. The van der Waals surface area contributed by atoms with Crippen LogP contribution >= 0.6 is 0 Å². The van der Waals surface area contributed by atoms with Crippen molar-refractivity contribution in [3.8, 4) is 11.8 Å². The average molecular weight is 237 g/mol. The number of aromatic hydroxyl groups is 1. The summed E-state index contributed by atoms with van der Waals surface area (Å²) in [6.45, 7) is 0. The predicted molar refractivity (Wildman–Crippen MR) is 55.2 cm³/mol. The average Bonchev–Trinajstić information content (AvgIpc) is 2.30. The second-order valence-electron chi connectivity index (χ2n) is 2.94. The van der Waals surface area contributed by atoms with Crippen molar-refractivity contribution in [1.29, 1.82) is 5.26 Å². The normalized spacial score (nSPS) is 9.41. The van der Waals surface area contributed by atoms with Gasteiger partial charge in [-0.25, -0.2) is 4.79 Å². The van der Waals surface area contributed by atoms with Gasteiger partial charge in [0.25, 0.3) is 5.69 Å². The molecule has 0 heterocycles. The summed E-state index contributed by atoms with van der Waals surface area (Å²) in [6, 6.07) is 2.36. The van der Waals surface area contributed by atoms with Gasteiger partial charge in [-0.3, -0.25) is 10.1 Å². The molecule has 0 atom stereocenters. The minimum Gasteiger partial charge on any atom is -0.505 e. The maximum Gasteiger partial charge on any atom is 0.343 e. The SMILES string of the molecule is COC(=O)c1c(C#N)cc([N+](=O)[O-])c(N)c1O. The van der Waals surface area contributed by atoms with E-state index < -0.39 is 33.6 Å². The number of hydrogen-bond donors (Lipinski definition) is 2. The summed E-state index contributed by atoms with van der Waals surface area (Å²) in [4.78, 5) is 21.0. The molecule has 0 saturated heterocycles.